The highest BCUT2D eigenvalue weighted by Gasteiger charge is 2.15. The molecule has 0 saturated carbocycles. The highest BCUT2D eigenvalue weighted by atomic mass is 16.5. The van der Waals surface area contributed by atoms with Crippen LogP contribution in [0.2, 0.25) is 0 Å². The van der Waals surface area contributed by atoms with Crippen LogP contribution in [0.15, 0.2) is 78.9 Å². The van der Waals surface area contributed by atoms with Gasteiger partial charge in [-0.15, -0.1) is 0 Å². The molecule has 3 aromatic carbocycles. The van der Waals surface area contributed by atoms with Crippen LogP contribution in [0.1, 0.15) is 29.2 Å². The molecule has 3 heteroatoms. The Morgan fingerprint density at radius 2 is 1.26 bits per heavy atom. The highest BCUT2D eigenvalue weighted by Crippen LogP contribution is 2.31. The summed E-state index contributed by atoms with van der Waals surface area (Å²) in [7, 11) is 3.34. The molecule has 27 heavy (non-hydrogen) atoms. The summed E-state index contributed by atoms with van der Waals surface area (Å²) in [6, 6.07) is 26.7. The van der Waals surface area contributed by atoms with Crippen LogP contribution in [0.3, 0.4) is 0 Å². The minimum Gasteiger partial charge on any atom is -0.497 e. The molecule has 0 aliphatic carbocycles. The molecule has 140 valence electrons. The van der Waals surface area contributed by atoms with Crippen LogP contribution in [-0.2, 0) is 17.8 Å². The largest absolute Gasteiger partial charge is 0.497 e. The number of benzene rings is 3. The van der Waals surface area contributed by atoms with E-state index < -0.39 is 0 Å². The summed E-state index contributed by atoms with van der Waals surface area (Å²) in [5, 5.41) is 0. The van der Waals surface area contributed by atoms with E-state index in [4.69, 9.17) is 14.2 Å². The van der Waals surface area contributed by atoms with E-state index in [9.17, 15) is 0 Å². The summed E-state index contributed by atoms with van der Waals surface area (Å²) in [4.78, 5) is 0. The fraction of sp³-hybridized carbons (Fsp3) is 0.250. The Hall–Kier alpha value is -2.78. The summed E-state index contributed by atoms with van der Waals surface area (Å²) in [5.74, 6) is 1.55. The maximum absolute atomic E-state index is 6.32. The average molecular weight is 362 g/mol. The summed E-state index contributed by atoms with van der Waals surface area (Å²) in [6.07, 6.45) is 1.78. The Bertz CT molecular complexity index is 750. The van der Waals surface area contributed by atoms with Gasteiger partial charge in [-0.05, 0) is 41.7 Å². The lowest BCUT2D eigenvalue weighted by molar-refractivity contribution is 0.0338. The first kappa shape index (κ1) is 19.0. The Balaban J connectivity index is 1.79. The molecule has 0 aliphatic heterocycles. The second kappa shape index (κ2) is 9.79. The van der Waals surface area contributed by atoms with E-state index in [-0.39, 0.29) is 6.10 Å². The van der Waals surface area contributed by atoms with Gasteiger partial charge in [0.25, 0.3) is 0 Å². The van der Waals surface area contributed by atoms with Crippen molar-refractivity contribution in [2.45, 2.75) is 25.6 Å². The van der Waals surface area contributed by atoms with Crippen LogP contribution in [0.4, 0.5) is 0 Å². The van der Waals surface area contributed by atoms with E-state index in [0.29, 0.717) is 6.61 Å². The van der Waals surface area contributed by atoms with Gasteiger partial charge in [0, 0.05) is 6.07 Å². The van der Waals surface area contributed by atoms with Crippen LogP contribution in [0, 0.1) is 0 Å². The standard InChI is InChI=1S/C24H26O3/c1-25-22-15-21(16-23(17-22)26-2)24(14-13-19-9-5-3-6-10-19)27-18-20-11-7-4-8-12-20/h3-12,15-17,24H,13-14,18H2,1-2H3. The van der Waals surface area contributed by atoms with E-state index in [1.807, 2.05) is 42.5 Å². The highest BCUT2D eigenvalue weighted by molar-refractivity contribution is 5.39. The summed E-state index contributed by atoms with van der Waals surface area (Å²) >= 11 is 0. The van der Waals surface area contributed by atoms with Crippen LogP contribution in [0.25, 0.3) is 0 Å². The summed E-state index contributed by atoms with van der Waals surface area (Å²) in [5.41, 5.74) is 3.54. The molecule has 1 unspecified atom stereocenters. The van der Waals surface area contributed by atoms with Gasteiger partial charge in [-0.3, -0.25) is 0 Å². The molecule has 1 atom stereocenters. The van der Waals surface area contributed by atoms with Gasteiger partial charge < -0.3 is 14.2 Å². The molecule has 3 nitrogen and oxygen atoms in total. The maximum Gasteiger partial charge on any atom is 0.122 e. The summed E-state index contributed by atoms with van der Waals surface area (Å²) in [6.45, 7) is 0.569. The predicted molar refractivity (Wildman–Crippen MR) is 108 cm³/mol. The minimum atomic E-state index is -0.0468. The monoisotopic (exact) mass is 362 g/mol. The zero-order valence-electron chi connectivity index (χ0n) is 15.9. The van der Waals surface area contributed by atoms with Crippen LogP contribution in [0.5, 0.6) is 11.5 Å². The number of aryl methyl sites for hydroxylation is 1. The van der Waals surface area contributed by atoms with Gasteiger partial charge in [0.05, 0.1) is 26.9 Å². The number of rotatable bonds is 9. The fourth-order valence-corrected chi connectivity index (χ4v) is 3.08. The molecule has 0 heterocycles. The predicted octanol–water partition coefficient (Wildman–Crippen LogP) is 5.59. The molecule has 0 fully saturated rings. The van der Waals surface area contributed by atoms with Crippen molar-refractivity contribution in [3.8, 4) is 11.5 Å². The first-order valence-electron chi connectivity index (χ1n) is 9.21. The Morgan fingerprint density at radius 3 is 1.81 bits per heavy atom. The molecular formula is C24H26O3. The van der Waals surface area contributed by atoms with E-state index in [2.05, 4.69) is 36.4 Å². The molecule has 0 aliphatic rings. The molecule has 0 radical (unpaired) electrons. The van der Waals surface area contributed by atoms with Gasteiger partial charge in [0.2, 0.25) is 0 Å². The third-order valence-corrected chi connectivity index (χ3v) is 4.58. The number of hydrogen-bond donors (Lipinski definition) is 0. The third-order valence-electron chi connectivity index (χ3n) is 4.58. The van der Waals surface area contributed by atoms with Crippen LogP contribution < -0.4 is 9.47 Å². The zero-order chi connectivity index (χ0) is 18.9. The molecule has 0 aromatic heterocycles. The van der Waals surface area contributed by atoms with Gasteiger partial charge in [0.1, 0.15) is 11.5 Å². The quantitative estimate of drug-likeness (QED) is 0.496. The van der Waals surface area contributed by atoms with Gasteiger partial charge in [0.15, 0.2) is 0 Å². The van der Waals surface area contributed by atoms with Crippen molar-refractivity contribution < 1.29 is 14.2 Å². The minimum absolute atomic E-state index is 0.0468. The van der Waals surface area contributed by atoms with Gasteiger partial charge in [-0.1, -0.05) is 60.7 Å². The van der Waals surface area contributed by atoms with Crippen molar-refractivity contribution in [2.24, 2.45) is 0 Å². The SMILES string of the molecule is COc1cc(OC)cc(C(CCc2ccccc2)OCc2ccccc2)c1. The third kappa shape index (κ3) is 5.60. The summed E-state index contributed by atoms with van der Waals surface area (Å²) < 4.78 is 17.2. The molecule has 3 aromatic rings. The van der Waals surface area contributed by atoms with Gasteiger partial charge >= 0.3 is 0 Å². The topological polar surface area (TPSA) is 27.7 Å². The second-order valence-electron chi connectivity index (χ2n) is 6.46. The molecular weight excluding hydrogens is 336 g/mol. The lowest BCUT2D eigenvalue weighted by atomic mass is 10.0. The zero-order valence-corrected chi connectivity index (χ0v) is 15.9. The van der Waals surface area contributed by atoms with E-state index in [1.165, 1.54) is 5.56 Å². The second-order valence-corrected chi connectivity index (χ2v) is 6.46. The molecule has 0 amide bonds. The Labute approximate surface area is 161 Å². The molecule has 0 spiro atoms. The van der Waals surface area contributed by atoms with Crippen molar-refractivity contribution in [2.75, 3.05) is 14.2 Å². The van der Waals surface area contributed by atoms with E-state index in [0.717, 1.165) is 35.5 Å². The Kier molecular flexibility index (Phi) is 6.89. The molecule has 0 saturated heterocycles. The number of ether oxygens (including phenoxy) is 3. The first-order valence-corrected chi connectivity index (χ1v) is 9.21. The fourth-order valence-electron chi connectivity index (χ4n) is 3.08. The number of methoxy groups -OCH3 is 2. The number of hydrogen-bond acceptors (Lipinski definition) is 3. The average Bonchev–Trinajstić information content (AvgIpc) is 2.74. The first-order chi connectivity index (χ1) is 13.3. The maximum atomic E-state index is 6.32. The normalized spacial score (nSPS) is 11.8. The van der Waals surface area contributed by atoms with E-state index in [1.54, 1.807) is 14.2 Å². The lowest BCUT2D eigenvalue weighted by Crippen LogP contribution is -2.07. The molecule has 0 bridgehead atoms. The molecule has 0 N–H and O–H groups in total. The van der Waals surface area contributed by atoms with Crippen molar-refractivity contribution in [3.63, 3.8) is 0 Å². The smallest absolute Gasteiger partial charge is 0.122 e. The Morgan fingerprint density at radius 1 is 0.704 bits per heavy atom. The van der Waals surface area contributed by atoms with Crippen molar-refractivity contribution in [1.29, 1.82) is 0 Å². The van der Waals surface area contributed by atoms with Gasteiger partial charge in [-0.25, -0.2) is 0 Å². The molecule has 3 rings (SSSR count). The van der Waals surface area contributed by atoms with E-state index >= 15 is 0 Å². The van der Waals surface area contributed by atoms with Crippen molar-refractivity contribution in [1.82, 2.24) is 0 Å². The van der Waals surface area contributed by atoms with Crippen molar-refractivity contribution in [3.05, 3.63) is 95.6 Å². The van der Waals surface area contributed by atoms with Crippen LogP contribution in [-0.4, -0.2) is 14.2 Å². The van der Waals surface area contributed by atoms with Gasteiger partial charge in [-0.2, -0.15) is 0 Å². The van der Waals surface area contributed by atoms with Crippen molar-refractivity contribution >= 4 is 0 Å². The lowest BCUT2D eigenvalue weighted by Gasteiger charge is -2.20. The van der Waals surface area contributed by atoms with Crippen LogP contribution >= 0.6 is 0 Å².